The van der Waals surface area contributed by atoms with Gasteiger partial charge in [0, 0.05) is 6.42 Å². The van der Waals surface area contributed by atoms with Crippen LogP contribution in [0.3, 0.4) is 0 Å². The van der Waals surface area contributed by atoms with Crippen LogP contribution in [0.4, 0.5) is 4.39 Å². The summed E-state index contributed by atoms with van der Waals surface area (Å²) in [4.78, 5) is 45.4. The fraction of sp³-hybridized carbons (Fsp3) is 0.692. The Hall–Kier alpha value is -1.99. The number of rotatable bonds is 9. The Bertz CT molecular complexity index is 411. The maximum Gasteiger partial charge on any atom is 0.305 e. The van der Waals surface area contributed by atoms with Crippen molar-refractivity contribution in [2.24, 2.45) is 5.92 Å². The van der Waals surface area contributed by atoms with Crippen molar-refractivity contribution < 1.29 is 28.7 Å². The third kappa shape index (κ3) is 6.82. The van der Waals surface area contributed by atoms with E-state index >= 15 is 0 Å². The Morgan fingerprint density at radius 3 is 2.10 bits per heavy atom. The summed E-state index contributed by atoms with van der Waals surface area (Å²) in [5.74, 6) is -3.68. The van der Waals surface area contributed by atoms with E-state index in [1.165, 1.54) is 0 Å². The number of carboxylic acids is 1. The van der Waals surface area contributed by atoms with Crippen molar-refractivity contribution >= 4 is 23.6 Å². The van der Waals surface area contributed by atoms with Crippen molar-refractivity contribution in [1.82, 2.24) is 10.6 Å². The van der Waals surface area contributed by atoms with Gasteiger partial charge in [-0.05, 0) is 5.92 Å². The number of carbonyl (C=O) groups excluding carboxylic acids is 3. The average Bonchev–Trinajstić information content (AvgIpc) is 2.41. The van der Waals surface area contributed by atoms with Gasteiger partial charge in [0.15, 0.2) is 5.78 Å². The Labute approximate surface area is 122 Å². The van der Waals surface area contributed by atoms with Gasteiger partial charge in [-0.2, -0.15) is 0 Å². The Morgan fingerprint density at radius 2 is 1.71 bits per heavy atom. The van der Waals surface area contributed by atoms with Crippen molar-refractivity contribution in [3.8, 4) is 0 Å². The Kier molecular flexibility index (Phi) is 8.18. The second kappa shape index (κ2) is 9.04. The van der Waals surface area contributed by atoms with Gasteiger partial charge in [0.25, 0.3) is 0 Å². The van der Waals surface area contributed by atoms with E-state index in [2.05, 4.69) is 10.6 Å². The van der Waals surface area contributed by atoms with Gasteiger partial charge < -0.3 is 15.7 Å². The lowest BCUT2D eigenvalue weighted by atomic mass is 10.0. The maximum atomic E-state index is 12.4. The maximum absolute atomic E-state index is 12.4. The van der Waals surface area contributed by atoms with Crippen LogP contribution in [0, 0.1) is 5.92 Å². The van der Waals surface area contributed by atoms with E-state index in [-0.39, 0.29) is 18.2 Å². The highest BCUT2D eigenvalue weighted by atomic mass is 19.1. The summed E-state index contributed by atoms with van der Waals surface area (Å²) in [6, 6.07) is -2.36. The van der Waals surface area contributed by atoms with E-state index in [4.69, 9.17) is 5.11 Å². The predicted octanol–water partition coefficient (Wildman–Crippen LogP) is 0.0353. The number of ketones is 1. The van der Waals surface area contributed by atoms with Crippen LogP contribution in [0.25, 0.3) is 0 Å². The second-order valence-electron chi connectivity index (χ2n) is 4.90. The third-order valence-corrected chi connectivity index (χ3v) is 2.80. The number of hydrogen-bond donors (Lipinski definition) is 3. The molecule has 0 heterocycles. The zero-order valence-corrected chi connectivity index (χ0v) is 12.3. The fourth-order valence-corrected chi connectivity index (χ4v) is 1.59. The number of alkyl halides is 1. The molecule has 7 nitrogen and oxygen atoms in total. The van der Waals surface area contributed by atoms with Crippen LogP contribution < -0.4 is 10.6 Å². The highest BCUT2D eigenvalue weighted by Gasteiger charge is 2.29. The van der Waals surface area contributed by atoms with Crippen LogP contribution in [0.15, 0.2) is 0 Å². The van der Waals surface area contributed by atoms with Crippen LogP contribution in [0.2, 0.25) is 0 Å². The Balaban J connectivity index is 4.94. The number of nitrogens with one attached hydrogen (secondary N) is 2. The first-order valence-electron chi connectivity index (χ1n) is 6.63. The van der Waals surface area contributed by atoms with Crippen molar-refractivity contribution in [2.75, 3.05) is 6.67 Å². The molecule has 0 fully saturated rings. The summed E-state index contributed by atoms with van der Waals surface area (Å²) in [6.45, 7) is 3.61. The smallest absolute Gasteiger partial charge is 0.305 e. The standard InChI is InChI=1S/C13H21FN2O5/c1-4-10(18)16-12(7(2)3)13(21)15-8(5-11(19)20)9(17)6-14/h7-8,12H,4-6H2,1-3H3,(H,15,21)(H,16,18)(H,19,20)/t8?,12-/m0/s1. The predicted molar refractivity (Wildman–Crippen MR) is 72.2 cm³/mol. The molecule has 0 aromatic carbocycles. The molecule has 0 saturated carbocycles. The number of Topliss-reactive ketones (excluding diaryl/α,β-unsaturated/α-hetero) is 1. The van der Waals surface area contributed by atoms with Gasteiger partial charge in [-0.1, -0.05) is 20.8 Å². The van der Waals surface area contributed by atoms with Gasteiger partial charge in [0.2, 0.25) is 11.8 Å². The van der Waals surface area contributed by atoms with E-state index < -0.39 is 42.8 Å². The monoisotopic (exact) mass is 304 g/mol. The van der Waals surface area contributed by atoms with Crippen molar-refractivity contribution in [2.45, 2.75) is 45.7 Å². The van der Waals surface area contributed by atoms with Crippen LogP contribution >= 0.6 is 0 Å². The summed E-state index contributed by atoms with van der Waals surface area (Å²) < 4.78 is 12.4. The molecule has 0 aliphatic heterocycles. The average molecular weight is 304 g/mol. The lowest BCUT2D eigenvalue weighted by Gasteiger charge is -2.24. The van der Waals surface area contributed by atoms with E-state index in [0.717, 1.165) is 0 Å². The molecule has 0 spiro atoms. The molecule has 2 amide bonds. The highest BCUT2D eigenvalue weighted by molar-refractivity contribution is 5.95. The van der Waals surface area contributed by atoms with Crippen LogP contribution in [-0.4, -0.2) is 47.4 Å². The molecule has 0 saturated heterocycles. The summed E-state index contributed by atoms with van der Waals surface area (Å²) in [7, 11) is 0. The molecular weight excluding hydrogens is 283 g/mol. The van der Waals surface area contributed by atoms with Crippen LogP contribution in [0.5, 0.6) is 0 Å². The largest absolute Gasteiger partial charge is 0.481 e. The molecular formula is C13H21FN2O5. The van der Waals surface area contributed by atoms with Gasteiger partial charge in [0.1, 0.15) is 18.8 Å². The van der Waals surface area contributed by atoms with Gasteiger partial charge in [-0.25, -0.2) is 4.39 Å². The molecule has 3 N–H and O–H groups in total. The van der Waals surface area contributed by atoms with Crippen molar-refractivity contribution in [3.63, 3.8) is 0 Å². The zero-order chi connectivity index (χ0) is 16.6. The van der Waals surface area contributed by atoms with Gasteiger partial charge >= 0.3 is 5.97 Å². The zero-order valence-electron chi connectivity index (χ0n) is 12.3. The molecule has 8 heteroatoms. The molecule has 0 aliphatic carbocycles. The number of carbonyl (C=O) groups is 4. The lowest BCUT2D eigenvalue weighted by Crippen LogP contribution is -2.54. The van der Waals surface area contributed by atoms with E-state index in [9.17, 15) is 23.6 Å². The Morgan fingerprint density at radius 1 is 1.14 bits per heavy atom. The molecule has 2 atom stereocenters. The molecule has 0 radical (unpaired) electrons. The third-order valence-electron chi connectivity index (χ3n) is 2.80. The lowest BCUT2D eigenvalue weighted by molar-refractivity contribution is -0.141. The molecule has 1 unspecified atom stereocenters. The van der Waals surface area contributed by atoms with Crippen molar-refractivity contribution in [3.05, 3.63) is 0 Å². The number of carboxylic acid groups (broad SMARTS) is 1. The van der Waals surface area contributed by atoms with Gasteiger partial charge in [-0.3, -0.25) is 19.2 Å². The van der Waals surface area contributed by atoms with E-state index in [0.29, 0.717) is 0 Å². The van der Waals surface area contributed by atoms with E-state index in [1.54, 1.807) is 20.8 Å². The first kappa shape index (κ1) is 19.0. The van der Waals surface area contributed by atoms with Crippen LogP contribution in [0.1, 0.15) is 33.6 Å². The summed E-state index contributed by atoms with van der Waals surface area (Å²) in [5, 5.41) is 13.3. The first-order chi connectivity index (χ1) is 9.72. The molecule has 0 bridgehead atoms. The molecule has 0 aliphatic rings. The summed E-state index contributed by atoms with van der Waals surface area (Å²) in [6.07, 6.45) is -0.528. The first-order valence-corrected chi connectivity index (χ1v) is 6.63. The normalized spacial score (nSPS) is 13.4. The number of hydrogen-bond acceptors (Lipinski definition) is 4. The topological polar surface area (TPSA) is 113 Å². The quantitative estimate of drug-likeness (QED) is 0.556. The summed E-state index contributed by atoms with van der Waals surface area (Å²) >= 11 is 0. The molecule has 120 valence electrons. The fourth-order valence-electron chi connectivity index (χ4n) is 1.59. The molecule has 21 heavy (non-hydrogen) atoms. The van der Waals surface area contributed by atoms with Crippen LogP contribution in [-0.2, 0) is 19.2 Å². The number of halogens is 1. The summed E-state index contributed by atoms with van der Waals surface area (Å²) in [5.41, 5.74) is 0. The SMILES string of the molecule is CCC(=O)N[C@H](C(=O)NC(CC(=O)O)C(=O)CF)C(C)C. The second-order valence-corrected chi connectivity index (χ2v) is 4.90. The molecule has 0 aromatic rings. The molecule has 0 aromatic heterocycles. The minimum atomic E-state index is -1.44. The highest BCUT2D eigenvalue weighted by Crippen LogP contribution is 2.05. The number of amides is 2. The molecule has 0 rings (SSSR count). The van der Waals surface area contributed by atoms with Gasteiger partial charge in [0.05, 0.1) is 6.42 Å². The van der Waals surface area contributed by atoms with E-state index in [1.807, 2.05) is 0 Å². The van der Waals surface area contributed by atoms with Crippen molar-refractivity contribution in [1.29, 1.82) is 0 Å². The number of aliphatic carboxylic acids is 1. The minimum absolute atomic E-state index is 0.179. The van der Waals surface area contributed by atoms with Gasteiger partial charge in [-0.15, -0.1) is 0 Å². The minimum Gasteiger partial charge on any atom is -0.481 e.